The van der Waals surface area contributed by atoms with Crippen molar-refractivity contribution in [2.75, 3.05) is 0 Å². The number of rotatable bonds is 2. The van der Waals surface area contributed by atoms with Crippen LogP contribution in [-0.2, 0) is 6.42 Å². The van der Waals surface area contributed by atoms with Crippen molar-refractivity contribution in [2.45, 2.75) is 13.3 Å². The number of benzene rings is 1. The average Bonchev–Trinajstić information content (AvgIpc) is 2.01. The summed E-state index contributed by atoms with van der Waals surface area (Å²) >= 11 is 0. The van der Waals surface area contributed by atoms with Gasteiger partial charge in [-0.15, -0.1) is 0 Å². The van der Waals surface area contributed by atoms with Crippen molar-refractivity contribution < 1.29 is 9.72 Å². The second kappa shape index (κ2) is 2.39. The molecule has 0 N–H and O–H groups in total. The molecule has 66 valence electrons. The smallest absolute Gasteiger partial charge is 0.280 e. The van der Waals surface area contributed by atoms with Crippen LogP contribution in [0, 0.1) is 10.1 Å². The Morgan fingerprint density at radius 2 is 2.15 bits per heavy atom. The first-order valence-corrected chi connectivity index (χ1v) is 3.90. The van der Waals surface area contributed by atoms with Crippen LogP contribution in [-0.4, -0.2) is 10.7 Å². The molecule has 4 heteroatoms. The molecule has 2 aliphatic rings. The van der Waals surface area contributed by atoms with Gasteiger partial charge < -0.3 is 0 Å². The number of fused-ring (bicyclic) bond motifs is 2. The number of hydrogen-bond acceptors (Lipinski definition) is 3. The number of nitro groups is 1. The van der Waals surface area contributed by atoms with Gasteiger partial charge in [0.05, 0.1) is 10.5 Å². The second-order valence-corrected chi connectivity index (χ2v) is 3.14. The fourth-order valence-electron chi connectivity index (χ4n) is 1.63. The van der Waals surface area contributed by atoms with Gasteiger partial charge in [0.2, 0.25) is 0 Å². The number of hydrogen-bond donors (Lipinski definition) is 0. The molecule has 0 aromatic heterocycles. The number of nitrogens with zero attached hydrogens (tertiary/aromatic N) is 1. The van der Waals surface area contributed by atoms with E-state index in [1.807, 2.05) is 6.07 Å². The van der Waals surface area contributed by atoms with E-state index in [2.05, 4.69) is 0 Å². The van der Waals surface area contributed by atoms with Crippen LogP contribution in [0.5, 0.6) is 0 Å². The third kappa shape index (κ3) is 1.02. The molecular weight excluding hydrogens is 170 g/mol. The standard InChI is InChI=1S/C9H7NO3/c1-5(11)9-7-2-6(3-7)4-8(9)10(12)13/h2,4H,3H2,1H3. The first kappa shape index (κ1) is 7.91. The zero-order valence-corrected chi connectivity index (χ0v) is 7.03. The van der Waals surface area contributed by atoms with Gasteiger partial charge in [0.1, 0.15) is 0 Å². The van der Waals surface area contributed by atoms with Crippen molar-refractivity contribution in [2.24, 2.45) is 0 Å². The largest absolute Gasteiger partial charge is 0.294 e. The Labute approximate surface area is 74.3 Å². The maximum Gasteiger partial charge on any atom is 0.280 e. The molecule has 0 saturated carbocycles. The van der Waals surface area contributed by atoms with Crippen molar-refractivity contribution >= 4 is 11.5 Å². The zero-order chi connectivity index (χ0) is 9.59. The lowest BCUT2D eigenvalue weighted by Gasteiger charge is -2.17. The molecule has 0 atom stereocenters. The summed E-state index contributed by atoms with van der Waals surface area (Å²) in [5.74, 6) is -0.229. The molecule has 4 nitrogen and oxygen atoms in total. The first-order chi connectivity index (χ1) is 6.09. The van der Waals surface area contributed by atoms with Crippen molar-refractivity contribution in [3.63, 3.8) is 0 Å². The Bertz CT molecular complexity index is 423. The summed E-state index contributed by atoms with van der Waals surface area (Å²) in [6.07, 6.45) is 0.701. The van der Waals surface area contributed by atoms with Crippen molar-refractivity contribution in [1.29, 1.82) is 0 Å². The van der Waals surface area contributed by atoms with Crippen molar-refractivity contribution in [3.8, 4) is 0 Å². The van der Waals surface area contributed by atoms with Crippen LogP contribution in [0.25, 0.3) is 0 Å². The lowest BCUT2D eigenvalue weighted by Crippen LogP contribution is -2.12. The van der Waals surface area contributed by atoms with E-state index < -0.39 is 4.92 Å². The molecule has 1 aromatic carbocycles. The van der Waals surface area contributed by atoms with E-state index >= 15 is 0 Å². The van der Waals surface area contributed by atoms with Gasteiger partial charge in [0, 0.05) is 6.07 Å². The third-order valence-corrected chi connectivity index (χ3v) is 2.20. The van der Waals surface area contributed by atoms with Crippen LogP contribution in [0.4, 0.5) is 5.69 Å². The summed E-state index contributed by atoms with van der Waals surface area (Å²) < 4.78 is 0. The molecule has 1 aromatic rings. The van der Waals surface area contributed by atoms with Gasteiger partial charge in [-0.25, -0.2) is 0 Å². The van der Waals surface area contributed by atoms with E-state index in [4.69, 9.17) is 0 Å². The molecule has 2 aliphatic carbocycles. The summed E-state index contributed by atoms with van der Waals surface area (Å²) in [4.78, 5) is 21.2. The number of ketones is 1. The normalized spacial score (nSPS) is 12.1. The predicted molar refractivity (Wildman–Crippen MR) is 45.9 cm³/mol. The van der Waals surface area contributed by atoms with Gasteiger partial charge in [-0.05, 0) is 24.5 Å². The van der Waals surface area contributed by atoms with E-state index in [1.165, 1.54) is 13.0 Å². The molecule has 0 aliphatic heterocycles. The molecule has 0 unspecified atom stereocenters. The molecule has 13 heavy (non-hydrogen) atoms. The van der Waals surface area contributed by atoms with Crippen LogP contribution < -0.4 is 0 Å². The zero-order valence-electron chi connectivity index (χ0n) is 7.03. The summed E-state index contributed by atoms with van der Waals surface area (Å²) in [5, 5.41) is 10.6. The molecule has 0 saturated heterocycles. The van der Waals surface area contributed by atoms with E-state index in [1.54, 1.807) is 0 Å². The Balaban J connectivity index is 2.65. The predicted octanol–water partition coefficient (Wildman–Crippen LogP) is 1.70. The summed E-state index contributed by atoms with van der Waals surface area (Å²) in [6.45, 7) is 1.36. The third-order valence-electron chi connectivity index (χ3n) is 2.20. The van der Waals surface area contributed by atoms with E-state index in [-0.39, 0.29) is 17.0 Å². The Morgan fingerprint density at radius 1 is 1.54 bits per heavy atom. The van der Waals surface area contributed by atoms with E-state index in [0.29, 0.717) is 6.42 Å². The number of carbonyl (C=O) groups excluding carboxylic acids is 1. The number of carbonyl (C=O) groups is 1. The van der Waals surface area contributed by atoms with Crippen molar-refractivity contribution in [3.05, 3.63) is 38.9 Å². The van der Waals surface area contributed by atoms with Gasteiger partial charge in [-0.1, -0.05) is 6.07 Å². The fourth-order valence-corrected chi connectivity index (χ4v) is 1.63. The van der Waals surface area contributed by atoms with Crippen LogP contribution >= 0.6 is 0 Å². The van der Waals surface area contributed by atoms with Gasteiger partial charge in [-0.3, -0.25) is 14.9 Å². The molecule has 3 rings (SSSR count). The lowest BCUT2D eigenvalue weighted by molar-refractivity contribution is -0.385. The van der Waals surface area contributed by atoms with Crippen LogP contribution in [0.3, 0.4) is 0 Å². The van der Waals surface area contributed by atoms with E-state index in [9.17, 15) is 14.9 Å². The molecule has 0 amide bonds. The van der Waals surface area contributed by atoms with Crippen LogP contribution in [0.15, 0.2) is 12.1 Å². The Kier molecular flexibility index (Phi) is 1.45. The fraction of sp³-hybridized carbons (Fsp3) is 0.222. The number of Topliss-reactive ketones (excluding diaryl/α,β-unsaturated/α-hetero) is 1. The topological polar surface area (TPSA) is 60.2 Å². The SMILES string of the molecule is CC(=O)c1c2cc(cc1[N+](=O)[O-])C2. The van der Waals surface area contributed by atoms with Gasteiger partial charge >= 0.3 is 0 Å². The maximum absolute atomic E-state index is 11.1. The van der Waals surface area contributed by atoms with Crippen LogP contribution in [0.1, 0.15) is 28.4 Å². The quantitative estimate of drug-likeness (QED) is 0.398. The Morgan fingerprint density at radius 3 is 2.54 bits per heavy atom. The van der Waals surface area contributed by atoms with E-state index in [0.717, 1.165) is 11.1 Å². The van der Waals surface area contributed by atoms with Gasteiger partial charge in [0.15, 0.2) is 5.78 Å². The molecule has 0 radical (unpaired) electrons. The number of nitro benzene ring substituents is 1. The summed E-state index contributed by atoms with van der Waals surface area (Å²) in [6, 6.07) is 3.30. The monoisotopic (exact) mass is 177 g/mol. The Hall–Kier alpha value is -1.71. The summed E-state index contributed by atoms with van der Waals surface area (Å²) in [5.41, 5.74) is 1.97. The molecule has 0 fully saturated rings. The molecule has 0 heterocycles. The minimum absolute atomic E-state index is 0.0498. The highest BCUT2D eigenvalue weighted by Gasteiger charge is 2.27. The highest BCUT2D eigenvalue weighted by molar-refractivity contribution is 6.00. The summed E-state index contributed by atoms with van der Waals surface area (Å²) in [7, 11) is 0. The van der Waals surface area contributed by atoms with Crippen molar-refractivity contribution in [1.82, 2.24) is 0 Å². The van der Waals surface area contributed by atoms with Crippen LogP contribution in [0.2, 0.25) is 0 Å². The van der Waals surface area contributed by atoms with Gasteiger partial charge in [0.25, 0.3) is 5.69 Å². The van der Waals surface area contributed by atoms with Gasteiger partial charge in [-0.2, -0.15) is 0 Å². The molecule has 0 spiro atoms. The maximum atomic E-state index is 11.1. The molecular formula is C9H7NO3. The second-order valence-electron chi connectivity index (χ2n) is 3.14. The minimum atomic E-state index is -0.497. The highest BCUT2D eigenvalue weighted by Crippen LogP contribution is 2.33. The minimum Gasteiger partial charge on any atom is -0.294 e. The highest BCUT2D eigenvalue weighted by atomic mass is 16.6. The molecule has 2 bridgehead atoms. The average molecular weight is 177 g/mol. The first-order valence-electron chi connectivity index (χ1n) is 3.90. The lowest BCUT2D eigenvalue weighted by atomic mass is 9.85.